The zero-order valence-corrected chi connectivity index (χ0v) is 17.6. The highest BCUT2D eigenvalue weighted by Crippen LogP contribution is 2.28. The smallest absolute Gasteiger partial charge is 0.255 e. The van der Waals surface area contributed by atoms with E-state index >= 15 is 0 Å². The number of aryl methyl sites for hydroxylation is 1. The molecule has 2 amide bonds. The molecule has 3 rings (SSSR count). The number of nitrogens with one attached hydrogen (secondary N) is 2. The molecule has 1 aliphatic rings. The van der Waals surface area contributed by atoms with Gasteiger partial charge in [-0.3, -0.25) is 9.59 Å². The lowest BCUT2D eigenvalue weighted by molar-refractivity contribution is 0.0948. The van der Waals surface area contributed by atoms with E-state index in [9.17, 15) is 9.59 Å². The summed E-state index contributed by atoms with van der Waals surface area (Å²) in [5, 5.41) is 5.95. The number of rotatable bonds is 7. The summed E-state index contributed by atoms with van der Waals surface area (Å²) in [6.45, 7) is 8.77. The third-order valence-corrected chi connectivity index (χ3v) is 5.24. The van der Waals surface area contributed by atoms with Gasteiger partial charge < -0.3 is 15.5 Å². The van der Waals surface area contributed by atoms with Crippen molar-refractivity contribution in [2.45, 2.75) is 40.0 Å². The number of anilines is 2. The summed E-state index contributed by atoms with van der Waals surface area (Å²) in [7, 11) is 0. The maximum absolute atomic E-state index is 12.9. The third-order valence-electron chi connectivity index (χ3n) is 5.24. The normalized spacial score (nSPS) is 13.6. The number of hydrogen-bond acceptors (Lipinski definition) is 3. The van der Waals surface area contributed by atoms with E-state index in [1.54, 1.807) is 6.07 Å². The predicted octanol–water partition coefficient (Wildman–Crippen LogP) is 4.49. The van der Waals surface area contributed by atoms with Crippen LogP contribution < -0.4 is 15.5 Å². The van der Waals surface area contributed by atoms with Crippen molar-refractivity contribution in [3.05, 3.63) is 59.2 Å². The van der Waals surface area contributed by atoms with E-state index in [2.05, 4.69) is 36.3 Å². The number of carbonyl (C=O) groups excluding carboxylic acids is 2. The Morgan fingerprint density at radius 1 is 1.00 bits per heavy atom. The molecule has 0 spiro atoms. The van der Waals surface area contributed by atoms with Gasteiger partial charge in [-0.25, -0.2) is 0 Å². The summed E-state index contributed by atoms with van der Waals surface area (Å²) < 4.78 is 0. The van der Waals surface area contributed by atoms with Crippen LogP contribution >= 0.6 is 0 Å². The van der Waals surface area contributed by atoms with E-state index in [0.717, 1.165) is 38.0 Å². The van der Waals surface area contributed by atoms with Crippen molar-refractivity contribution in [3.63, 3.8) is 0 Å². The van der Waals surface area contributed by atoms with Gasteiger partial charge in [-0.05, 0) is 61.1 Å². The molecule has 0 aliphatic carbocycles. The highest BCUT2D eigenvalue weighted by molar-refractivity contribution is 6.06. The van der Waals surface area contributed by atoms with Crippen molar-refractivity contribution in [1.29, 1.82) is 0 Å². The lowest BCUT2D eigenvalue weighted by Gasteiger charge is -2.22. The first-order chi connectivity index (χ1) is 14.0. The molecule has 1 saturated heterocycles. The summed E-state index contributed by atoms with van der Waals surface area (Å²) in [5.41, 5.74) is 3.99. The van der Waals surface area contributed by atoms with E-state index < -0.39 is 0 Å². The highest BCUT2D eigenvalue weighted by atomic mass is 16.2. The van der Waals surface area contributed by atoms with Gasteiger partial charge >= 0.3 is 0 Å². The van der Waals surface area contributed by atoms with Gasteiger partial charge in [0.15, 0.2) is 0 Å². The molecule has 5 nitrogen and oxygen atoms in total. The highest BCUT2D eigenvalue weighted by Gasteiger charge is 2.20. The van der Waals surface area contributed by atoms with Crippen LogP contribution in [-0.2, 0) is 6.42 Å². The zero-order chi connectivity index (χ0) is 20.8. The molecule has 0 bridgehead atoms. The van der Waals surface area contributed by atoms with Gasteiger partial charge in [0.25, 0.3) is 11.8 Å². The summed E-state index contributed by atoms with van der Waals surface area (Å²) >= 11 is 0. The van der Waals surface area contributed by atoms with Crippen LogP contribution in [0.25, 0.3) is 0 Å². The number of nitrogens with zero attached hydrogens (tertiary/aromatic N) is 1. The Morgan fingerprint density at radius 3 is 2.31 bits per heavy atom. The fraction of sp³-hybridized carbons (Fsp3) is 0.417. The Hall–Kier alpha value is -2.82. The summed E-state index contributed by atoms with van der Waals surface area (Å²) in [4.78, 5) is 27.7. The molecule has 1 fully saturated rings. The molecule has 1 aliphatic heterocycles. The van der Waals surface area contributed by atoms with Crippen LogP contribution in [0.4, 0.5) is 11.4 Å². The Labute approximate surface area is 173 Å². The standard InChI is InChI=1S/C24H31N3O2/c1-4-18-7-9-19(10-8-18)23(28)26-20-11-12-22(27-13-5-6-14-27)21(15-20)24(29)25-16-17(2)3/h7-12,15,17H,4-6,13-14,16H2,1-3H3,(H,25,29)(H,26,28). The van der Waals surface area contributed by atoms with Crippen LogP contribution in [0.3, 0.4) is 0 Å². The van der Waals surface area contributed by atoms with Crippen LogP contribution in [0, 0.1) is 5.92 Å². The molecule has 29 heavy (non-hydrogen) atoms. The van der Waals surface area contributed by atoms with E-state index in [0.29, 0.717) is 29.3 Å². The van der Waals surface area contributed by atoms with Crippen LogP contribution in [0.2, 0.25) is 0 Å². The van der Waals surface area contributed by atoms with Gasteiger partial charge in [0.2, 0.25) is 0 Å². The molecule has 2 N–H and O–H groups in total. The Morgan fingerprint density at radius 2 is 1.69 bits per heavy atom. The van der Waals surface area contributed by atoms with Crippen molar-refractivity contribution in [1.82, 2.24) is 5.32 Å². The monoisotopic (exact) mass is 393 g/mol. The first-order valence-corrected chi connectivity index (χ1v) is 10.6. The van der Waals surface area contributed by atoms with Crippen LogP contribution in [0.5, 0.6) is 0 Å². The van der Waals surface area contributed by atoms with Crippen LogP contribution in [0.1, 0.15) is 59.9 Å². The Kier molecular flexibility index (Phi) is 6.91. The van der Waals surface area contributed by atoms with Crippen molar-refractivity contribution in [3.8, 4) is 0 Å². The Balaban J connectivity index is 1.82. The summed E-state index contributed by atoms with van der Waals surface area (Å²) in [6, 6.07) is 13.2. The summed E-state index contributed by atoms with van der Waals surface area (Å²) in [5.74, 6) is 0.113. The maximum Gasteiger partial charge on any atom is 0.255 e. The van der Waals surface area contributed by atoms with Crippen molar-refractivity contribution in [2.24, 2.45) is 5.92 Å². The average molecular weight is 394 g/mol. The molecule has 0 atom stereocenters. The molecule has 154 valence electrons. The third kappa shape index (κ3) is 5.37. The molecule has 0 aromatic heterocycles. The number of amides is 2. The zero-order valence-electron chi connectivity index (χ0n) is 17.6. The lowest BCUT2D eigenvalue weighted by Crippen LogP contribution is -2.30. The second-order valence-corrected chi connectivity index (χ2v) is 8.03. The van der Waals surface area contributed by atoms with Gasteiger partial charge in [-0.2, -0.15) is 0 Å². The SMILES string of the molecule is CCc1ccc(C(=O)Nc2ccc(N3CCCC3)c(C(=O)NCC(C)C)c2)cc1. The van der Waals surface area contributed by atoms with Crippen LogP contribution in [-0.4, -0.2) is 31.4 Å². The van der Waals surface area contributed by atoms with Gasteiger partial charge in [0, 0.05) is 36.6 Å². The van der Waals surface area contributed by atoms with Crippen LogP contribution in [0.15, 0.2) is 42.5 Å². The first-order valence-electron chi connectivity index (χ1n) is 10.6. The van der Waals surface area contributed by atoms with Gasteiger partial charge in [-0.1, -0.05) is 32.9 Å². The van der Waals surface area contributed by atoms with Crippen molar-refractivity contribution in [2.75, 3.05) is 29.9 Å². The van der Waals surface area contributed by atoms with E-state index in [1.165, 1.54) is 5.56 Å². The minimum absolute atomic E-state index is 0.0935. The second kappa shape index (κ2) is 9.59. The molecule has 5 heteroatoms. The molecule has 1 heterocycles. The largest absolute Gasteiger partial charge is 0.371 e. The topological polar surface area (TPSA) is 61.4 Å². The quantitative estimate of drug-likeness (QED) is 0.729. The molecule has 2 aromatic carbocycles. The number of benzene rings is 2. The predicted molar refractivity (Wildman–Crippen MR) is 119 cm³/mol. The number of carbonyl (C=O) groups is 2. The molecule has 0 saturated carbocycles. The minimum Gasteiger partial charge on any atom is -0.371 e. The molecule has 0 radical (unpaired) electrons. The molecule has 0 unspecified atom stereocenters. The van der Waals surface area contributed by atoms with E-state index in [-0.39, 0.29) is 11.8 Å². The molecule has 2 aromatic rings. The Bertz CT molecular complexity index is 853. The minimum atomic E-state index is -0.171. The average Bonchev–Trinajstić information content (AvgIpc) is 3.26. The molecular formula is C24H31N3O2. The fourth-order valence-electron chi connectivity index (χ4n) is 3.52. The van der Waals surface area contributed by atoms with Gasteiger partial charge in [0.05, 0.1) is 5.56 Å². The molecular weight excluding hydrogens is 362 g/mol. The van der Waals surface area contributed by atoms with E-state index in [4.69, 9.17) is 0 Å². The lowest BCUT2D eigenvalue weighted by atomic mass is 10.1. The van der Waals surface area contributed by atoms with Crippen molar-refractivity contribution < 1.29 is 9.59 Å². The fourth-order valence-corrected chi connectivity index (χ4v) is 3.52. The van der Waals surface area contributed by atoms with Gasteiger partial charge in [0.1, 0.15) is 0 Å². The van der Waals surface area contributed by atoms with Gasteiger partial charge in [-0.15, -0.1) is 0 Å². The first kappa shape index (κ1) is 20.9. The number of hydrogen-bond donors (Lipinski definition) is 2. The summed E-state index contributed by atoms with van der Waals surface area (Å²) in [6.07, 6.45) is 3.22. The van der Waals surface area contributed by atoms with Crippen molar-refractivity contribution >= 4 is 23.2 Å². The van der Waals surface area contributed by atoms with E-state index in [1.807, 2.05) is 36.4 Å². The second-order valence-electron chi connectivity index (χ2n) is 8.03. The maximum atomic E-state index is 12.9.